The zero-order valence-electron chi connectivity index (χ0n) is 11.6. The number of benzene rings is 1. The Hall–Kier alpha value is -2.17. The van der Waals surface area contributed by atoms with Gasteiger partial charge < -0.3 is 10.6 Å². The fourth-order valence-electron chi connectivity index (χ4n) is 3.08. The van der Waals surface area contributed by atoms with Gasteiger partial charge in [-0.1, -0.05) is 6.08 Å². The fraction of sp³-hybridized carbons (Fsp3) is 0.375. The van der Waals surface area contributed by atoms with Gasteiger partial charge in [-0.15, -0.1) is 0 Å². The summed E-state index contributed by atoms with van der Waals surface area (Å²) in [5, 5.41) is 5.82. The molecule has 0 saturated carbocycles. The van der Waals surface area contributed by atoms with E-state index < -0.39 is 0 Å². The van der Waals surface area contributed by atoms with Gasteiger partial charge in [0.2, 0.25) is 5.91 Å². The summed E-state index contributed by atoms with van der Waals surface area (Å²) in [7, 11) is 0. The third kappa shape index (κ3) is 2.68. The molecule has 4 nitrogen and oxygen atoms in total. The summed E-state index contributed by atoms with van der Waals surface area (Å²) in [5.41, 5.74) is 1.23. The molecule has 1 aromatic rings. The first-order valence-electron chi connectivity index (χ1n) is 7.13. The predicted molar refractivity (Wildman–Crippen MR) is 75.9 cm³/mol. The normalized spacial score (nSPS) is 24.0. The van der Waals surface area contributed by atoms with E-state index in [9.17, 15) is 14.0 Å². The van der Waals surface area contributed by atoms with Crippen molar-refractivity contribution in [2.45, 2.75) is 25.7 Å². The van der Waals surface area contributed by atoms with Crippen LogP contribution in [0.2, 0.25) is 0 Å². The molecule has 1 fully saturated rings. The largest absolute Gasteiger partial charge is 0.351 e. The van der Waals surface area contributed by atoms with Gasteiger partial charge in [0.15, 0.2) is 0 Å². The van der Waals surface area contributed by atoms with E-state index >= 15 is 0 Å². The number of carbonyl (C=O) groups excluding carboxylic acids is 2. The molecule has 0 bridgehead atoms. The van der Waals surface area contributed by atoms with Gasteiger partial charge >= 0.3 is 0 Å². The van der Waals surface area contributed by atoms with Gasteiger partial charge in [-0.2, -0.15) is 0 Å². The topological polar surface area (TPSA) is 58.2 Å². The first-order chi connectivity index (χ1) is 10.1. The Morgan fingerprint density at radius 2 is 2.05 bits per heavy atom. The maximum absolute atomic E-state index is 12.9. The highest BCUT2D eigenvalue weighted by atomic mass is 19.1. The average molecular weight is 288 g/mol. The second-order valence-corrected chi connectivity index (χ2v) is 5.67. The third-order valence-electron chi connectivity index (χ3n) is 4.34. The Labute approximate surface area is 122 Å². The van der Waals surface area contributed by atoms with E-state index in [0.29, 0.717) is 18.5 Å². The molecule has 2 aliphatic rings. The molecule has 1 aromatic carbocycles. The van der Waals surface area contributed by atoms with Crippen molar-refractivity contribution < 1.29 is 14.0 Å². The first-order valence-corrected chi connectivity index (χ1v) is 7.13. The highest BCUT2D eigenvalue weighted by Gasteiger charge is 2.41. The standard InChI is InChI=1S/C16H17FN2O2/c17-12-5-3-11(4-6-12)15(21)18-10-16-8-1-2-13(16)19-14(20)7-9-16/h2-6H,1,7-10H2,(H,18,21)(H,19,20)/t16-/m0/s1. The van der Waals surface area contributed by atoms with E-state index in [2.05, 4.69) is 10.6 Å². The van der Waals surface area contributed by atoms with Crippen LogP contribution in [0.1, 0.15) is 36.0 Å². The summed E-state index contributed by atoms with van der Waals surface area (Å²) in [5.74, 6) is -0.530. The van der Waals surface area contributed by atoms with E-state index in [4.69, 9.17) is 0 Å². The minimum atomic E-state index is -0.360. The summed E-state index contributed by atoms with van der Waals surface area (Å²) in [6.45, 7) is 0.495. The highest BCUT2D eigenvalue weighted by molar-refractivity contribution is 5.94. The minimum absolute atomic E-state index is 0.0450. The lowest BCUT2D eigenvalue weighted by molar-refractivity contribution is -0.122. The Bertz CT molecular complexity index is 609. The summed E-state index contributed by atoms with van der Waals surface area (Å²) in [6, 6.07) is 5.48. The van der Waals surface area contributed by atoms with Gasteiger partial charge in [0.1, 0.15) is 5.82 Å². The van der Waals surface area contributed by atoms with Gasteiger partial charge in [0, 0.05) is 29.6 Å². The van der Waals surface area contributed by atoms with Crippen LogP contribution in [0.15, 0.2) is 36.0 Å². The van der Waals surface area contributed by atoms with Gasteiger partial charge in [-0.3, -0.25) is 9.59 Å². The molecule has 2 amide bonds. The van der Waals surface area contributed by atoms with Crippen molar-refractivity contribution >= 4 is 11.8 Å². The number of rotatable bonds is 3. The zero-order valence-corrected chi connectivity index (χ0v) is 11.6. The molecule has 2 N–H and O–H groups in total. The van der Waals surface area contributed by atoms with Gasteiger partial charge in [-0.25, -0.2) is 4.39 Å². The molecule has 0 unspecified atom stereocenters. The molecule has 1 atom stereocenters. The van der Waals surface area contributed by atoms with Crippen LogP contribution < -0.4 is 10.6 Å². The molecule has 0 spiro atoms. The van der Waals surface area contributed by atoms with Crippen LogP contribution in [0.4, 0.5) is 4.39 Å². The monoisotopic (exact) mass is 288 g/mol. The minimum Gasteiger partial charge on any atom is -0.351 e. The van der Waals surface area contributed by atoms with Crippen LogP contribution in [0.3, 0.4) is 0 Å². The molecule has 110 valence electrons. The van der Waals surface area contributed by atoms with Crippen LogP contribution >= 0.6 is 0 Å². The Morgan fingerprint density at radius 1 is 1.29 bits per heavy atom. The maximum atomic E-state index is 12.9. The molecule has 21 heavy (non-hydrogen) atoms. The van der Waals surface area contributed by atoms with Gasteiger partial charge in [-0.05, 0) is 43.5 Å². The maximum Gasteiger partial charge on any atom is 0.251 e. The molecule has 5 heteroatoms. The second-order valence-electron chi connectivity index (χ2n) is 5.67. The number of piperidine rings is 1. The van der Waals surface area contributed by atoms with E-state index in [0.717, 1.165) is 25.0 Å². The fourth-order valence-corrected chi connectivity index (χ4v) is 3.08. The van der Waals surface area contributed by atoms with Crippen molar-refractivity contribution in [3.05, 3.63) is 47.4 Å². The number of allylic oxidation sites excluding steroid dienone is 1. The van der Waals surface area contributed by atoms with E-state index in [-0.39, 0.29) is 23.0 Å². The molecule has 1 saturated heterocycles. The van der Waals surface area contributed by atoms with Crippen molar-refractivity contribution in [3.8, 4) is 0 Å². The quantitative estimate of drug-likeness (QED) is 0.895. The molecular weight excluding hydrogens is 271 g/mol. The van der Waals surface area contributed by atoms with Crippen molar-refractivity contribution in [2.24, 2.45) is 5.41 Å². The van der Waals surface area contributed by atoms with Gasteiger partial charge in [0.25, 0.3) is 5.91 Å². The van der Waals surface area contributed by atoms with Crippen LogP contribution in [0, 0.1) is 11.2 Å². The van der Waals surface area contributed by atoms with Crippen LogP contribution in [0.25, 0.3) is 0 Å². The molecular formula is C16H17FN2O2. The van der Waals surface area contributed by atoms with Gasteiger partial charge in [0.05, 0.1) is 0 Å². The van der Waals surface area contributed by atoms with E-state index in [1.807, 2.05) is 6.08 Å². The van der Waals surface area contributed by atoms with Crippen molar-refractivity contribution in [1.82, 2.24) is 10.6 Å². The van der Waals surface area contributed by atoms with Crippen molar-refractivity contribution in [1.29, 1.82) is 0 Å². The summed E-state index contributed by atoms with van der Waals surface area (Å²) in [6.07, 6.45) is 5.15. The zero-order chi connectivity index (χ0) is 14.9. The highest BCUT2D eigenvalue weighted by Crippen LogP contribution is 2.43. The molecule has 3 rings (SSSR count). The lowest BCUT2D eigenvalue weighted by atomic mass is 9.77. The Balaban J connectivity index is 1.67. The first kappa shape index (κ1) is 13.8. The molecule has 1 heterocycles. The number of hydrogen-bond donors (Lipinski definition) is 2. The summed E-state index contributed by atoms with van der Waals surface area (Å²) >= 11 is 0. The van der Waals surface area contributed by atoms with Crippen molar-refractivity contribution in [2.75, 3.05) is 6.54 Å². The van der Waals surface area contributed by atoms with Crippen LogP contribution in [0.5, 0.6) is 0 Å². The SMILES string of the molecule is O=C1CC[C@]2(CNC(=O)c3ccc(F)cc3)CCC=C2N1. The number of carbonyl (C=O) groups is 2. The molecule has 0 radical (unpaired) electrons. The number of fused-ring (bicyclic) bond motifs is 1. The molecule has 0 aromatic heterocycles. The van der Waals surface area contributed by atoms with Crippen molar-refractivity contribution in [3.63, 3.8) is 0 Å². The average Bonchev–Trinajstić information content (AvgIpc) is 2.89. The van der Waals surface area contributed by atoms with Crippen LogP contribution in [-0.2, 0) is 4.79 Å². The lowest BCUT2D eigenvalue weighted by Crippen LogP contribution is -2.46. The molecule has 1 aliphatic carbocycles. The second kappa shape index (κ2) is 5.31. The lowest BCUT2D eigenvalue weighted by Gasteiger charge is -2.36. The Morgan fingerprint density at radius 3 is 2.81 bits per heavy atom. The number of halogens is 1. The van der Waals surface area contributed by atoms with E-state index in [1.54, 1.807) is 0 Å². The Kier molecular flexibility index (Phi) is 3.49. The predicted octanol–water partition coefficient (Wildman–Crippen LogP) is 2.13. The summed E-state index contributed by atoms with van der Waals surface area (Å²) < 4.78 is 12.9. The number of hydrogen-bond acceptors (Lipinski definition) is 2. The van der Waals surface area contributed by atoms with Crippen LogP contribution in [-0.4, -0.2) is 18.4 Å². The smallest absolute Gasteiger partial charge is 0.251 e. The third-order valence-corrected chi connectivity index (χ3v) is 4.34. The summed E-state index contributed by atoms with van der Waals surface area (Å²) in [4.78, 5) is 23.6. The number of nitrogens with one attached hydrogen (secondary N) is 2. The molecule has 1 aliphatic heterocycles. The van der Waals surface area contributed by atoms with E-state index in [1.165, 1.54) is 24.3 Å². The number of amides is 2.